The zero-order valence-electron chi connectivity index (χ0n) is 22.7. The van der Waals surface area contributed by atoms with Crippen LogP contribution >= 0.6 is 0 Å². The van der Waals surface area contributed by atoms with Crippen molar-refractivity contribution in [2.24, 2.45) is 5.92 Å². The molecule has 3 aromatic carbocycles. The minimum Gasteiger partial charge on any atom is -0.484 e. The van der Waals surface area contributed by atoms with Gasteiger partial charge < -0.3 is 15.0 Å². The van der Waals surface area contributed by atoms with Crippen LogP contribution < -0.4 is 10.1 Å². The number of benzene rings is 3. The molecule has 0 aliphatic heterocycles. The lowest BCUT2D eigenvalue weighted by molar-refractivity contribution is -0.142. The Labute approximate surface area is 221 Å². The van der Waals surface area contributed by atoms with Crippen LogP contribution in [-0.2, 0) is 22.6 Å². The van der Waals surface area contributed by atoms with Crippen molar-refractivity contribution < 1.29 is 14.3 Å². The van der Waals surface area contributed by atoms with Gasteiger partial charge in [-0.25, -0.2) is 0 Å². The van der Waals surface area contributed by atoms with E-state index in [4.69, 9.17) is 4.74 Å². The standard InChI is InChI=1S/C32H40N2O3/c1-23(2)20-33-32(36)30(19-26-12-7-6-8-13-26)34(21-28-14-10-9-11-25(28)5)31(35)22-37-29-17-15-27(16-18-29)24(3)4/h6-18,23-24,30H,19-22H2,1-5H3,(H,33,36)/t30-/m0/s1. The van der Waals surface area contributed by atoms with Gasteiger partial charge in [0.2, 0.25) is 5.91 Å². The Kier molecular flexibility index (Phi) is 10.3. The third-order valence-corrected chi connectivity index (χ3v) is 6.47. The maximum atomic E-state index is 13.7. The number of amides is 2. The van der Waals surface area contributed by atoms with Crippen molar-refractivity contribution >= 4 is 11.8 Å². The Morgan fingerprint density at radius 2 is 1.51 bits per heavy atom. The number of rotatable bonds is 12. The van der Waals surface area contributed by atoms with Gasteiger partial charge in [-0.1, -0.05) is 94.4 Å². The van der Waals surface area contributed by atoms with Crippen LogP contribution in [0.2, 0.25) is 0 Å². The summed E-state index contributed by atoms with van der Waals surface area (Å²) in [4.78, 5) is 28.9. The summed E-state index contributed by atoms with van der Waals surface area (Å²) in [5, 5.41) is 3.06. The Morgan fingerprint density at radius 3 is 2.14 bits per heavy atom. The maximum Gasteiger partial charge on any atom is 0.261 e. The Balaban J connectivity index is 1.88. The zero-order valence-corrected chi connectivity index (χ0v) is 22.7. The highest BCUT2D eigenvalue weighted by Gasteiger charge is 2.31. The van der Waals surface area contributed by atoms with Gasteiger partial charge in [0, 0.05) is 19.5 Å². The first-order chi connectivity index (χ1) is 17.7. The molecule has 0 bridgehead atoms. The lowest BCUT2D eigenvalue weighted by Crippen LogP contribution is -2.52. The van der Waals surface area contributed by atoms with Crippen molar-refractivity contribution in [2.45, 2.75) is 59.5 Å². The van der Waals surface area contributed by atoms with Gasteiger partial charge in [-0.05, 0) is 53.1 Å². The van der Waals surface area contributed by atoms with Crippen LogP contribution in [0.25, 0.3) is 0 Å². The summed E-state index contributed by atoms with van der Waals surface area (Å²) < 4.78 is 5.91. The molecule has 5 nitrogen and oxygen atoms in total. The molecule has 0 unspecified atom stereocenters. The second kappa shape index (κ2) is 13.6. The second-order valence-corrected chi connectivity index (χ2v) is 10.3. The molecule has 2 amide bonds. The first-order valence-electron chi connectivity index (χ1n) is 13.1. The van der Waals surface area contributed by atoms with Crippen LogP contribution in [0.3, 0.4) is 0 Å². The Morgan fingerprint density at radius 1 is 0.865 bits per heavy atom. The molecular weight excluding hydrogens is 460 g/mol. The van der Waals surface area contributed by atoms with E-state index in [-0.39, 0.29) is 18.4 Å². The molecule has 0 aromatic heterocycles. The van der Waals surface area contributed by atoms with E-state index in [0.717, 1.165) is 16.7 Å². The molecule has 3 aromatic rings. The molecule has 37 heavy (non-hydrogen) atoms. The van der Waals surface area contributed by atoms with E-state index in [2.05, 4.69) is 33.0 Å². The van der Waals surface area contributed by atoms with E-state index in [0.29, 0.717) is 37.1 Å². The zero-order chi connectivity index (χ0) is 26.8. The minimum atomic E-state index is -0.667. The first-order valence-corrected chi connectivity index (χ1v) is 13.1. The van der Waals surface area contributed by atoms with Crippen molar-refractivity contribution in [1.29, 1.82) is 0 Å². The van der Waals surface area contributed by atoms with E-state index in [9.17, 15) is 9.59 Å². The van der Waals surface area contributed by atoms with Crippen molar-refractivity contribution in [1.82, 2.24) is 10.2 Å². The molecule has 3 rings (SSSR count). The van der Waals surface area contributed by atoms with Gasteiger partial charge in [0.1, 0.15) is 11.8 Å². The predicted octanol–water partition coefficient (Wildman–Crippen LogP) is 5.91. The van der Waals surface area contributed by atoms with Crippen LogP contribution in [-0.4, -0.2) is 35.9 Å². The molecule has 5 heteroatoms. The fourth-order valence-electron chi connectivity index (χ4n) is 4.12. The Hall–Kier alpha value is -3.60. The van der Waals surface area contributed by atoms with E-state index >= 15 is 0 Å². The molecule has 0 aliphatic rings. The second-order valence-electron chi connectivity index (χ2n) is 10.3. The van der Waals surface area contributed by atoms with Crippen LogP contribution in [0.5, 0.6) is 5.75 Å². The van der Waals surface area contributed by atoms with Gasteiger partial charge in [0.05, 0.1) is 0 Å². The van der Waals surface area contributed by atoms with E-state index < -0.39 is 6.04 Å². The SMILES string of the molecule is Cc1ccccc1CN(C(=O)COc1ccc(C(C)C)cc1)[C@@H](Cc1ccccc1)C(=O)NCC(C)C. The Bertz CT molecular complexity index is 1140. The highest BCUT2D eigenvalue weighted by molar-refractivity contribution is 5.88. The fraction of sp³-hybridized carbons (Fsp3) is 0.375. The molecule has 0 aliphatic carbocycles. The largest absolute Gasteiger partial charge is 0.484 e. The minimum absolute atomic E-state index is 0.143. The summed E-state index contributed by atoms with van der Waals surface area (Å²) in [6, 6.07) is 25.0. The van der Waals surface area contributed by atoms with Gasteiger partial charge in [0.15, 0.2) is 6.61 Å². The monoisotopic (exact) mass is 500 g/mol. The number of carbonyl (C=O) groups is 2. The van der Waals surface area contributed by atoms with Gasteiger partial charge in [0.25, 0.3) is 5.91 Å². The lowest BCUT2D eigenvalue weighted by Gasteiger charge is -2.32. The molecular formula is C32H40N2O3. The van der Waals surface area contributed by atoms with Gasteiger partial charge in [-0.2, -0.15) is 0 Å². The summed E-state index contributed by atoms with van der Waals surface area (Å²) in [5.74, 6) is 0.984. The highest BCUT2D eigenvalue weighted by atomic mass is 16.5. The molecule has 0 fully saturated rings. The van der Waals surface area contributed by atoms with Crippen molar-refractivity contribution in [3.63, 3.8) is 0 Å². The molecule has 0 saturated heterocycles. The van der Waals surface area contributed by atoms with Crippen LogP contribution in [0.1, 0.15) is 55.9 Å². The average molecular weight is 501 g/mol. The van der Waals surface area contributed by atoms with E-state index in [1.54, 1.807) is 4.90 Å². The van der Waals surface area contributed by atoms with Crippen molar-refractivity contribution in [3.8, 4) is 5.75 Å². The topological polar surface area (TPSA) is 58.6 Å². The smallest absolute Gasteiger partial charge is 0.261 e. The van der Waals surface area contributed by atoms with Crippen LogP contribution in [0, 0.1) is 12.8 Å². The number of nitrogens with one attached hydrogen (secondary N) is 1. The number of carbonyl (C=O) groups excluding carboxylic acids is 2. The summed E-state index contributed by atoms with van der Waals surface area (Å²) in [5.41, 5.74) is 4.29. The van der Waals surface area contributed by atoms with Gasteiger partial charge >= 0.3 is 0 Å². The van der Waals surface area contributed by atoms with Crippen LogP contribution in [0.15, 0.2) is 78.9 Å². The summed E-state index contributed by atoms with van der Waals surface area (Å²) >= 11 is 0. The highest BCUT2D eigenvalue weighted by Crippen LogP contribution is 2.20. The molecule has 196 valence electrons. The molecule has 1 atom stereocenters. The average Bonchev–Trinajstić information content (AvgIpc) is 2.89. The first kappa shape index (κ1) is 28.0. The van der Waals surface area contributed by atoms with E-state index in [1.165, 1.54) is 5.56 Å². The number of ether oxygens (including phenoxy) is 1. The van der Waals surface area contributed by atoms with Gasteiger partial charge in [-0.15, -0.1) is 0 Å². The maximum absolute atomic E-state index is 13.7. The normalized spacial score (nSPS) is 11.9. The quantitative estimate of drug-likeness (QED) is 0.336. The van der Waals surface area contributed by atoms with Gasteiger partial charge in [-0.3, -0.25) is 9.59 Å². The van der Waals surface area contributed by atoms with Crippen LogP contribution in [0.4, 0.5) is 0 Å². The molecule has 0 saturated carbocycles. The molecule has 0 radical (unpaired) electrons. The number of hydrogen-bond acceptors (Lipinski definition) is 3. The summed E-state index contributed by atoms with van der Waals surface area (Å²) in [6.07, 6.45) is 0.422. The number of aryl methyl sites for hydroxylation is 1. The fourth-order valence-corrected chi connectivity index (χ4v) is 4.12. The number of nitrogens with zero attached hydrogens (tertiary/aromatic N) is 1. The lowest BCUT2D eigenvalue weighted by atomic mass is 10.0. The van der Waals surface area contributed by atoms with Crippen molar-refractivity contribution in [2.75, 3.05) is 13.2 Å². The third kappa shape index (κ3) is 8.49. The third-order valence-electron chi connectivity index (χ3n) is 6.47. The molecule has 0 heterocycles. The summed E-state index contributed by atoms with van der Waals surface area (Å²) in [6.45, 7) is 11.1. The molecule has 1 N–H and O–H groups in total. The number of hydrogen-bond donors (Lipinski definition) is 1. The summed E-state index contributed by atoms with van der Waals surface area (Å²) in [7, 11) is 0. The van der Waals surface area contributed by atoms with Crippen molar-refractivity contribution in [3.05, 3.63) is 101 Å². The predicted molar refractivity (Wildman–Crippen MR) is 150 cm³/mol. The van der Waals surface area contributed by atoms with E-state index in [1.807, 2.05) is 85.8 Å². The molecule has 0 spiro atoms.